The van der Waals surface area contributed by atoms with Crippen molar-refractivity contribution in [1.29, 1.82) is 5.26 Å². The van der Waals surface area contributed by atoms with Crippen molar-refractivity contribution in [3.8, 4) is 11.8 Å². The van der Waals surface area contributed by atoms with Gasteiger partial charge in [-0.25, -0.2) is 0 Å². The molecular weight excluding hydrogens is 286 g/mol. The predicted octanol–water partition coefficient (Wildman–Crippen LogP) is 2.02. The third-order valence-electron chi connectivity index (χ3n) is 2.99. The molecule has 0 radical (unpaired) electrons. The summed E-state index contributed by atoms with van der Waals surface area (Å²) in [4.78, 5) is 22.1. The summed E-state index contributed by atoms with van der Waals surface area (Å²) in [6.45, 7) is 2.20. The first-order chi connectivity index (χ1) is 10.5. The smallest absolute Gasteiger partial charge is 0.287 e. The molecule has 1 heterocycles. The van der Waals surface area contributed by atoms with Gasteiger partial charge in [-0.05, 0) is 24.6 Å². The van der Waals surface area contributed by atoms with Crippen LogP contribution >= 0.6 is 0 Å². The van der Waals surface area contributed by atoms with Crippen LogP contribution in [0.5, 0.6) is 5.75 Å². The molecule has 0 N–H and O–H groups in total. The van der Waals surface area contributed by atoms with Crippen molar-refractivity contribution in [1.82, 2.24) is 4.57 Å². The summed E-state index contributed by atoms with van der Waals surface area (Å²) in [5.41, 5.74) is -0.0887. The van der Waals surface area contributed by atoms with E-state index < -0.39 is 10.5 Å². The van der Waals surface area contributed by atoms with E-state index in [9.17, 15) is 14.9 Å². The molecule has 112 valence electrons. The molecule has 0 fully saturated rings. The van der Waals surface area contributed by atoms with Crippen LogP contribution in [0, 0.1) is 28.4 Å². The van der Waals surface area contributed by atoms with Crippen LogP contribution < -0.4 is 10.3 Å². The SMILES string of the molecule is Cc1cccc(OCCn2cc([N+](=O)[O-])cc(C#N)c2=O)c1. The number of aryl methyl sites for hydroxylation is 1. The molecule has 0 saturated carbocycles. The zero-order chi connectivity index (χ0) is 16.1. The number of benzene rings is 1. The minimum Gasteiger partial charge on any atom is -0.492 e. The maximum absolute atomic E-state index is 11.9. The molecule has 0 amide bonds. The largest absolute Gasteiger partial charge is 0.492 e. The van der Waals surface area contributed by atoms with Gasteiger partial charge in [-0.3, -0.25) is 14.9 Å². The molecular formula is C15H13N3O4. The molecule has 0 aliphatic heterocycles. The normalized spacial score (nSPS) is 10.0. The van der Waals surface area contributed by atoms with E-state index in [0.717, 1.165) is 22.4 Å². The molecule has 0 unspecified atom stereocenters. The first-order valence-electron chi connectivity index (χ1n) is 6.49. The zero-order valence-electron chi connectivity index (χ0n) is 11.9. The van der Waals surface area contributed by atoms with E-state index in [-0.39, 0.29) is 24.4 Å². The summed E-state index contributed by atoms with van der Waals surface area (Å²) in [6.07, 6.45) is 1.11. The molecule has 7 heteroatoms. The topological polar surface area (TPSA) is 98.2 Å². The molecule has 0 saturated heterocycles. The average Bonchev–Trinajstić information content (AvgIpc) is 2.48. The lowest BCUT2D eigenvalue weighted by Crippen LogP contribution is -2.25. The van der Waals surface area contributed by atoms with Gasteiger partial charge >= 0.3 is 0 Å². The Bertz CT molecular complexity index is 805. The third-order valence-corrected chi connectivity index (χ3v) is 2.99. The van der Waals surface area contributed by atoms with E-state index in [4.69, 9.17) is 10.00 Å². The molecule has 0 bridgehead atoms. The maximum Gasteiger partial charge on any atom is 0.287 e. The summed E-state index contributed by atoms with van der Waals surface area (Å²) in [5, 5.41) is 19.7. The second kappa shape index (κ2) is 6.54. The molecule has 0 aliphatic rings. The van der Waals surface area contributed by atoms with Gasteiger partial charge in [0.1, 0.15) is 24.0 Å². The quantitative estimate of drug-likeness (QED) is 0.621. The lowest BCUT2D eigenvalue weighted by atomic mass is 10.2. The standard InChI is InChI=1S/C15H13N3O4/c1-11-3-2-4-14(7-11)22-6-5-17-10-13(18(20)21)8-12(9-16)15(17)19/h2-4,7-8,10H,5-6H2,1H3. The van der Waals surface area contributed by atoms with Crippen LogP contribution in [0.15, 0.2) is 41.3 Å². The molecule has 1 aromatic heterocycles. The number of hydrogen-bond donors (Lipinski definition) is 0. The Balaban J connectivity index is 2.16. The van der Waals surface area contributed by atoms with Crippen molar-refractivity contribution in [2.45, 2.75) is 13.5 Å². The van der Waals surface area contributed by atoms with Gasteiger partial charge < -0.3 is 9.30 Å². The Morgan fingerprint density at radius 3 is 2.82 bits per heavy atom. The highest BCUT2D eigenvalue weighted by Gasteiger charge is 2.13. The zero-order valence-corrected chi connectivity index (χ0v) is 11.9. The highest BCUT2D eigenvalue weighted by atomic mass is 16.6. The van der Waals surface area contributed by atoms with Crippen molar-refractivity contribution < 1.29 is 9.66 Å². The van der Waals surface area contributed by atoms with Gasteiger partial charge in [0.05, 0.1) is 17.7 Å². The van der Waals surface area contributed by atoms with E-state index >= 15 is 0 Å². The number of hydrogen-bond acceptors (Lipinski definition) is 5. The monoisotopic (exact) mass is 299 g/mol. The third kappa shape index (κ3) is 3.49. The van der Waals surface area contributed by atoms with Crippen molar-refractivity contribution >= 4 is 5.69 Å². The summed E-state index contributed by atoms with van der Waals surface area (Å²) >= 11 is 0. The predicted molar refractivity (Wildman–Crippen MR) is 78.7 cm³/mol. The maximum atomic E-state index is 11.9. The van der Waals surface area contributed by atoms with Crippen molar-refractivity contribution in [2.24, 2.45) is 0 Å². The number of aromatic nitrogens is 1. The molecule has 2 aromatic rings. The van der Waals surface area contributed by atoms with Crippen LogP contribution in [0.25, 0.3) is 0 Å². The van der Waals surface area contributed by atoms with Crippen LogP contribution in [0.4, 0.5) is 5.69 Å². The van der Waals surface area contributed by atoms with Gasteiger partial charge in [-0.15, -0.1) is 0 Å². The average molecular weight is 299 g/mol. The van der Waals surface area contributed by atoms with Gasteiger partial charge in [-0.1, -0.05) is 12.1 Å². The van der Waals surface area contributed by atoms with E-state index in [0.29, 0.717) is 5.75 Å². The highest BCUT2D eigenvalue weighted by molar-refractivity contribution is 5.37. The number of pyridine rings is 1. The first kappa shape index (κ1) is 15.3. The van der Waals surface area contributed by atoms with Crippen LogP contribution in [0.3, 0.4) is 0 Å². The van der Waals surface area contributed by atoms with Gasteiger partial charge in [-0.2, -0.15) is 5.26 Å². The van der Waals surface area contributed by atoms with Gasteiger partial charge in [0.2, 0.25) is 0 Å². The Labute approximate surface area is 126 Å². The minimum absolute atomic E-state index is 0.114. The molecule has 1 aromatic carbocycles. The van der Waals surface area contributed by atoms with E-state index in [1.807, 2.05) is 25.1 Å². The molecule has 0 aliphatic carbocycles. The Kier molecular flexibility index (Phi) is 4.53. The second-order valence-corrected chi connectivity index (χ2v) is 4.64. The Morgan fingerprint density at radius 1 is 1.41 bits per heavy atom. The summed E-state index contributed by atoms with van der Waals surface area (Å²) in [7, 11) is 0. The Morgan fingerprint density at radius 2 is 2.18 bits per heavy atom. The number of nitro groups is 1. The van der Waals surface area contributed by atoms with E-state index in [2.05, 4.69) is 0 Å². The van der Waals surface area contributed by atoms with Crippen molar-refractivity contribution in [3.05, 3.63) is 68.1 Å². The van der Waals surface area contributed by atoms with Crippen LogP contribution in [-0.2, 0) is 6.54 Å². The summed E-state index contributed by atoms with van der Waals surface area (Å²) < 4.78 is 6.62. The number of rotatable bonds is 5. The Hall–Kier alpha value is -3.14. The van der Waals surface area contributed by atoms with Crippen LogP contribution in [0.1, 0.15) is 11.1 Å². The van der Waals surface area contributed by atoms with Crippen molar-refractivity contribution in [2.75, 3.05) is 6.61 Å². The fourth-order valence-electron chi connectivity index (χ4n) is 1.93. The molecule has 0 atom stereocenters. The van der Waals surface area contributed by atoms with Gasteiger partial charge in [0.25, 0.3) is 11.2 Å². The fraction of sp³-hybridized carbons (Fsp3) is 0.200. The first-order valence-corrected chi connectivity index (χ1v) is 6.49. The molecule has 0 spiro atoms. The molecule has 22 heavy (non-hydrogen) atoms. The number of nitriles is 1. The molecule has 7 nitrogen and oxygen atoms in total. The van der Waals surface area contributed by atoms with Gasteiger partial charge in [0.15, 0.2) is 0 Å². The van der Waals surface area contributed by atoms with Gasteiger partial charge in [0, 0.05) is 6.07 Å². The van der Waals surface area contributed by atoms with E-state index in [1.54, 1.807) is 12.1 Å². The highest BCUT2D eigenvalue weighted by Crippen LogP contribution is 2.13. The second-order valence-electron chi connectivity index (χ2n) is 4.64. The lowest BCUT2D eigenvalue weighted by molar-refractivity contribution is -0.385. The number of nitrogens with zero attached hydrogens (tertiary/aromatic N) is 3. The fourth-order valence-corrected chi connectivity index (χ4v) is 1.93. The lowest BCUT2D eigenvalue weighted by Gasteiger charge is -2.09. The number of ether oxygens (including phenoxy) is 1. The molecule has 2 rings (SSSR count). The van der Waals surface area contributed by atoms with Crippen molar-refractivity contribution in [3.63, 3.8) is 0 Å². The summed E-state index contributed by atoms with van der Waals surface area (Å²) in [5.74, 6) is 0.652. The minimum atomic E-state index is -0.641. The summed E-state index contributed by atoms with van der Waals surface area (Å²) in [6, 6.07) is 10.0. The van der Waals surface area contributed by atoms with Crippen LogP contribution in [0.2, 0.25) is 0 Å². The van der Waals surface area contributed by atoms with Crippen LogP contribution in [-0.4, -0.2) is 16.1 Å². The van der Waals surface area contributed by atoms with E-state index in [1.165, 1.54) is 0 Å².